The number of hydrogen-bond acceptors (Lipinski definition) is 2. The van der Waals surface area contributed by atoms with Gasteiger partial charge >= 0.3 is 6.18 Å². The summed E-state index contributed by atoms with van der Waals surface area (Å²) in [7, 11) is 0. The molecule has 1 saturated heterocycles. The summed E-state index contributed by atoms with van der Waals surface area (Å²) in [5.41, 5.74) is -1.09. The fraction of sp³-hybridized carbons (Fsp3) is 0.588. The number of rotatable bonds is 2. The highest BCUT2D eigenvalue weighted by atomic mass is 19.4. The van der Waals surface area contributed by atoms with Gasteiger partial charge in [-0.2, -0.15) is 13.2 Å². The average Bonchev–Trinajstić information content (AvgIpc) is 3.08. The summed E-state index contributed by atoms with van der Waals surface area (Å²) in [6.45, 7) is 2.51. The van der Waals surface area contributed by atoms with Crippen LogP contribution in [0.5, 0.6) is 0 Å². The van der Waals surface area contributed by atoms with E-state index in [9.17, 15) is 18.0 Å². The van der Waals surface area contributed by atoms with Crippen LogP contribution in [0.4, 0.5) is 13.2 Å². The molecule has 1 amide bonds. The minimum absolute atomic E-state index is 0.241. The van der Waals surface area contributed by atoms with E-state index in [0.29, 0.717) is 19.1 Å². The summed E-state index contributed by atoms with van der Waals surface area (Å²) in [4.78, 5) is 16.4. The first-order valence-electron chi connectivity index (χ1n) is 8.16. The third-order valence-corrected chi connectivity index (χ3v) is 4.91. The molecule has 1 aromatic rings. The summed E-state index contributed by atoms with van der Waals surface area (Å²) in [5.74, 6) is -0.510. The molecule has 1 aromatic carbocycles. The molecule has 0 atom stereocenters. The Hall–Kier alpha value is -1.56. The standard InChI is InChI=1S/C17H21F3N2O/c18-17(19,20)15-8-4-3-7-14(15)16(23)22-11-9-21(10-12-22)13-5-1-2-6-13/h3-4,7-8,13H,1-2,5-6,9-12H2. The molecule has 1 saturated carbocycles. The molecule has 1 aliphatic carbocycles. The van der Waals surface area contributed by atoms with Crippen LogP contribution in [-0.4, -0.2) is 47.9 Å². The quantitative estimate of drug-likeness (QED) is 0.831. The maximum Gasteiger partial charge on any atom is 0.417 e. The molecule has 0 bridgehead atoms. The van der Waals surface area contributed by atoms with Crippen LogP contribution in [0.3, 0.4) is 0 Å². The second-order valence-corrected chi connectivity index (χ2v) is 6.31. The van der Waals surface area contributed by atoms with Crippen LogP contribution >= 0.6 is 0 Å². The highest BCUT2D eigenvalue weighted by molar-refractivity contribution is 5.96. The number of amides is 1. The van der Waals surface area contributed by atoms with Crippen molar-refractivity contribution >= 4 is 5.91 Å². The van der Waals surface area contributed by atoms with Crippen molar-refractivity contribution in [1.29, 1.82) is 0 Å². The van der Waals surface area contributed by atoms with Gasteiger partial charge in [0, 0.05) is 32.2 Å². The van der Waals surface area contributed by atoms with Gasteiger partial charge < -0.3 is 4.90 Å². The van der Waals surface area contributed by atoms with Gasteiger partial charge in [-0.25, -0.2) is 0 Å². The van der Waals surface area contributed by atoms with Gasteiger partial charge in [0.2, 0.25) is 0 Å². The number of halogens is 3. The Morgan fingerprint density at radius 1 is 1.00 bits per heavy atom. The first kappa shape index (κ1) is 16.3. The van der Waals surface area contributed by atoms with E-state index < -0.39 is 17.6 Å². The molecule has 0 unspecified atom stereocenters. The van der Waals surface area contributed by atoms with Crippen LogP contribution in [0.25, 0.3) is 0 Å². The van der Waals surface area contributed by atoms with Gasteiger partial charge in [-0.05, 0) is 25.0 Å². The van der Waals surface area contributed by atoms with Crippen molar-refractivity contribution in [3.05, 3.63) is 35.4 Å². The minimum Gasteiger partial charge on any atom is -0.336 e. The van der Waals surface area contributed by atoms with Crippen LogP contribution in [0.1, 0.15) is 41.6 Å². The van der Waals surface area contributed by atoms with Gasteiger partial charge in [0.25, 0.3) is 5.91 Å². The molecule has 2 aliphatic rings. The zero-order chi connectivity index (χ0) is 16.4. The predicted octanol–water partition coefficient (Wildman–Crippen LogP) is 3.41. The summed E-state index contributed by atoms with van der Waals surface area (Å²) < 4.78 is 39.2. The van der Waals surface area contributed by atoms with Crippen LogP contribution in [0, 0.1) is 0 Å². The third-order valence-electron chi connectivity index (χ3n) is 4.91. The number of hydrogen-bond donors (Lipinski definition) is 0. The van der Waals surface area contributed by atoms with E-state index in [1.807, 2.05) is 0 Å². The van der Waals surface area contributed by atoms with E-state index >= 15 is 0 Å². The van der Waals surface area contributed by atoms with Crippen LogP contribution in [-0.2, 0) is 6.18 Å². The minimum atomic E-state index is -4.50. The Bertz CT molecular complexity index is 559. The smallest absolute Gasteiger partial charge is 0.336 e. The summed E-state index contributed by atoms with van der Waals surface area (Å²) in [5, 5.41) is 0. The van der Waals surface area contributed by atoms with Gasteiger partial charge in [0.1, 0.15) is 0 Å². The van der Waals surface area contributed by atoms with Crippen molar-refractivity contribution in [2.75, 3.05) is 26.2 Å². The molecule has 1 aliphatic heterocycles. The fourth-order valence-electron chi connectivity index (χ4n) is 3.65. The number of nitrogens with zero attached hydrogens (tertiary/aromatic N) is 2. The molecule has 6 heteroatoms. The van der Waals surface area contributed by atoms with Crippen molar-refractivity contribution in [3.63, 3.8) is 0 Å². The average molecular weight is 326 g/mol. The number of carbonyl (C=O) groups is 1. The lowest BCUT2D eigenvalue weighted by atomic mass is 10.1. The topological polar surface area (TPSA) is 23.6 Å². The molecule has 0 aromatic heterocycles. The third kappa shape index (κ3) is 3.52. The predicted molar refractivity (Wildman–Crippen MR) is 81.2 cm³/mol. The Labute approximate surface area is 134 Å². The second kappa shape index (κ2) is 6.51. The van der Waals surface area contributed by atoms with E-state index in [1.54, 1.807) is 4.90 Å². The van der Waals surface area contributed by atoms with Gasteiger partial charge in [-0.15, -0.1) is 0 Å². The Balaban J connectivity index is 1.68. The highest BCUT2D eigenvalue weighted by Crippen LogP contribution is 2.32. The fourth-order valence-corrected chi connectivity index (χ4v) is 3.65. The maximum absolute atomic E-state index is 13.1. The van der Waals surface area contributed by atoms with Gasteiger partial charge in [-0.3, -0.25) is 9.69 Å². The van der Waals surface area contributed by atoms with Crippen molar-refractivity contribution in [2.45, 2.75) is 37.9 Å². The zero-order valence-corrected chi connectivity index (χ0v) is 13.0. The molecule has 0 N–H and O–H groups in total. The van der Waals surface area contributed by atoms with Crippen molar-refractivity contribution in [2.24, 2.45) is 0 Å². The van der Waals surface area contributed by atoms with E-state index in [0.717, 1.165) is 19.2 Å². The molecular weight excluding hydrogens is 305 g/mol. The normalized spacial score (nSPS) is 20.9. The Morgan fingerprint density at radius 3 is 2.22 bits per heavy atom. The lowest BCUT2D eigenvalue weighted by Crippen LogP contribution is -2.51. The van der Waals surface area contributed by atoms with E-state index in [1.165, 1.54) is 43.9 Å². The maximum atomic E-state index is 13.1. The van der Waals surface area contributed by atoms with Crippen LogP contribution in [0.15, 0.2) is 24.3 Å². The zero-order valence-electron chi connectivity index (χ0n) is 13.0. The molecule has 0 radical (unpaired) electrons. The first-order valence-corrected chi connectivity index (χ1v) is 8.16. The lowest BCUT2D eigenvalue weighted by molar-refractivity contribution is -0.138. The van der Waals surface area contributed by atoms with Crippen molar-refractivity contribution in [3.8, 4) is 0 Å². The van der Waals surface area contributed by atoms with E-state index in [-0.39, 0.29) is 5.56 Å². The molecular formula is C17H21F3N2O. The summed E-state index contributed by atoms with van der Waals surface area (Å²) in [6, 6.07) is 5.64. The summed E-state index contributed by atoms with van der Waals surface area (Å²) in [6.07, 6.45) is 0.402. The molecule has 2 fully saturated rings. The highest BCUT2D eigenvalue weighted by Gasteiger charge is 2.36. The number of alkyl halides is 3. The number of benzene rings is 1. The Kier molecular flexibility index (Phi) is 4.62. The molecule has 23 heavy (non-hydrogen) atoms. The second-order valence-electron chi connectivity index (χ2n) is 6.31. The van der Waals surface area contributed by atoms with E-state index in [4.69, 9.17) is 0 Å². The first-order chi connectivity index (χ1) is 11.0. The number of piperazine rings is 1. The van der Waals surface area contributed by atoms with Gasteiger partial charge in [0.05, 0.1) is 11.1 Å². The van der Waals surface area contributed by atoms with Crippen molar-refractivity contribution in [1.82, 2.24) is 9.80 Å². The van der Waals surface area contributed by atoms with Crippen molar-refractivity contribution < 1.29 is 18.0 Å². The van der Waals surface area contributed by atoms with Gasteiger partial charge in [0.15, 0.2) is 0 Å². The summed E-state index contributed by atoms with van der Waals surface area (Å²) >= 11 is 0. The molecule has 0 spiro atoms. The van der Waals surface area contributed by atoms with E-state index in [2.05, 4.69) is 4.90 Å². The molecule has 126 valence electrons. The van der Waals surface area contributed by atoms with Gasteiger partial charge in [-0.1, -0.05) is 25.0 Å². The van der Waals surface area contributed by atoms with Crippen LogP contribution < -0.4 is 0 Å². The molecule has 1 heterocycles. The molecule has 3 rings (SSSR count). The Morgan fingerprint density at radius 2 is 1.61 bits per heavy atom. The lowest BCUT2D eigenvalue weighted by Gasteiger charge is -2.38. The largest absolute Gasteiger partial charge is 0.417 e. The molecule has 3 nitrogen and oxygen atoms in total. The monoisotopic (exact) mass is 326 g/mol. The number of carbonyl (C=O) groups excluding carboxylic acids is 1. The SMILES string of the molecule is O=C(c1ccccc1C(F)(F)F)N1CCN(C2CCCC2)CC1. The van der Waals surface area contributed by atoms with Crippen LogP contribution in [0.2, 0.25) is 0 Å².